The SMILES string of the molecule is Cl.NCCN(CCc1ccccc1)Cc1ccc(Br)cn1. The van der Waals surface area contributed by atoms with Crippen LogP contribution in [0.15, 0.2) is 53.1 Å². The summed E-state index contributed by atoms with van der Waals surface area (Å²) in [6.07, 6.45) is 2.88. The van der Waals surface area contributed by atoms with Crippen molar-refractivity contribution < 1.29 is 0 Å². The predicted octanol–water partition coefficient (Wildman–Crippen LogP) is 3.27. The largest absolute Gasteiger partial charge is 0.329 e. The van der Waals surface area contributed by atoms with E-state index in [0.717, 1.165) is 36.2 Å². The molecule has 0 radical (unpaired) electrons. The summed E-state index contributed by atoms with van der Waals surface area (Å²) in [6, 6.07) is 14.6. The van der Waals surface area contributed by atoms with E-state index in [1.54, 1.807) is 0 Å². The highest BCUT2D eigenvalue weighted by atomic mass is 79.9. The fourth-order valence-electron chi connectivity index (χ4n) is 2.11. The van der Waals surface area contributed by atoms with Crippen LogP contribution in [0.4, 0.5) is 0 Å². The number of nitrogens with zero attached hydrogens (tertiary/aromatic N) is 2. The van der Waals surface area contributed by atoms with Crippen molar-refractivity contribution in [1.29, 1.82) is 0 Å². The molecule has 114 valence electrons. The fourth-order valence-corrected chi connectivity index (χ4v) is 2.35. The third-order valence-electron chi connectivity index (χ3n) is 3.18. The van der Waals surface area contributed by atoms with Crippen molar-refractivity contribution >= 4 is 28.3 Å². The van der Waals surface area contributed by atoms with E-state index in [4.69, 9.17) is 5.73 Å². The van der Waals surface area contributed by atoms with Crippen LogP contribution < -0.4 is 5.73 Å². The highest BCUT2D eigenvalue weighted by Crippen LogP contribution is 2.10. The van der Waals surface area contributed by atoms with Crippen molar-refractivity contribution in [3.05, 3.63) is 64.4 Å². The first-order valence-electron chi connectivity index (χ1n) is 6.84. The van der Waals surface area contributed by atoms with Crippen molar-refractivity contribution in [1.82, 2.24) is 9.88 Å². The van der Waals surface area contributed by atoms with E-state index >= 15 is 0 Å². The number of aromatic nitrogens is 1. The molecule has 0 aliphatic rings. The van der Waals surface area contributed by atoms with Gasteiger partial charge in [-0.3, -0.25) is 9.88 Å². The first-order chi connectivity index (χ1) is 9.78. The summed E-state index contributed by atoms with van der Waals surface area (Å²) in [5, 5.41) is 0. The third-order valence-corrected chi connectivity index (χ3v) is 3.65. The Hall–Kier alpha value is -0.940. The maximum Gasteiger partial charge on any atom is 0.0544 e. The van der Waals surface area contributed by atoms with E-state index in [2.05, 4.69) is 56.1 Å². The van der Waals surface area contributed by atoms with Gasteiger partial charge in [-0.05, 0) is 40.0 Å². The second kappa shape index (κ2) is 9.90. The van der Waals surface area contributed by atoms with Crippen LogP contribution in [0, 0.1) is 0 Å². The molecule has 1 heterocycles. The van der Waals surface area contributed by atoms with E-state index in [1.807, 2.05) is 18.3 Å². The monoisotopic (exact) mass is 369 g/mol. The van der Waals surface area contributed by atoms with Crippen LogP contribution in [0.1, 0.15) is 11.3 Å². The molecule has 2 rings (SSSR count). The van der Waals surface area contributed by atoms with Gasteiger partial charge in [0.15, 0.2) is 0 Å². The first kappa shape index (κ1) is 18.1. The van der Waals surface area contributed by atoms with Crippen molar-refractivity contribution in [3.63, 3.8) is 0 Å². The lowest BCUT2D eigenvalue weighted by Gasteiger charge is -2.21. The molecule has 3 nitrogen and oxygen atoms in total. The van der Waals surface area contributed by atoms with Gasteiger partial charge in [-0.2, -0.15) is 0 Å². The van der Waals surface area contributed by atoms with Gasteiger partial charge in [-0.1, -0.05) is 30.3 Å². The highest BCUT2D eigenvalue weighted by molar-refractivity contribution is 9.10. The molecule has 0 saturated carbocycles. The summed E-state index contributed by atoms with van der Waals surface area (Å²) in [7, 11) is 0. The van der Waals surface area contributed by atoms with Gasteiger partial charge in [-0.25, -0.2) is 0 Å². The summed E-state index contributed by atoms with van der Waals surface area (Å²) in [6.45, 7) is 3.41. The minimum absolute atomic E-state index is 0. The predicted molar refractivity (Wildman–Crippen MR) is 93.7 cm³/mol. The van der Waals surface area contributed by atoms with E-state index in [0.29, 0.717) is 6.54 Å². The van der Waals surface area contributed by atoms with Gasteiger partial charge in [0.05, 0.1) is 5.69 Å². The smallest absolute Gasteiger partial charge is 0.0544 e. The Labute approximate surface area is 141 Å². The molecule has 0 atom stereocenters. The molecule has 1 aromatic carbocycles. The van der Waals surface area contributed by atoms with E-state index in [-0.39, 0.29) is 12.4 Å². The van der Waals surface area contributed by atoms with Crippen LogP contribution in [-0.2, 0) is 13.0 Å². The molecule has 0 aliphatic heterocycles. The molecule has 0 unspecified atom stereocenters. The summed E-state index contributed by atoms with van der Waals surface area (Å²) in [4.78, 5) is 6.78. The highest BCUT2D eigenvalue weighted by Gasteiger charge is 2.06. The molecular formula is C16H21BrClN3. The number of hydrogen-bond donors (Lipinski definition) is 1. The lowest BCUT2D eigenvalue weighted by atomic mass is 10.1. The molecule has 5 heteroatoms. The van der Waals surface area contributed by atoms with Gasteiger partial charge in [0, 0.05) is 36.8 Å². The quantitative estimate of drug-likeness (QED) is 0.813. The Balaban J connectivity index is 0.00000220. The number of rotatable bonds is 7. The van der Waals surface area contributed by atoms with Crippen molar-refractivity contribution in [2.45, 2.75) is 13.0 Å². The van der Waals surface area contributed by atoms with Crippen LogP contribution in [0.5, 0.6) is 0 Å². The third kappa shape index (κ3) is 6.57. The molecule has 1 aromatic heterocycles. The number of halogens is 2. The van der Waals surface area contributed by atoms with Crippen molar-refractivity contribution in [3.8, 4) is 0 Å². The Bertz CT molecular complexity index is 505. The standard InChI is InChI=1S/C16H20BrN3.ClH/c17-15-6-7-16(19-12-15)13-20(11-9-18)10-8-14-4-2-1-3-5-14;/h1-7,12H,8-11,13,18H2;1H. The number of pyridine rings is 1. The first-order valence-corrected chi connectivity index (χ1v) is 7.64. The maximum absolute atomic E-state index is 5.71. The minimum Gasteiger partial charge on any atom is -0.329 e. The van der Waals surface area contributed by atoms with Crippen LogP contribution in [0.25, 0.3) is 0 Å². The van der Waals surface area contributed by atoms with E-state index in [1.165, 1.54) is 5.56 Å². The van der Waals surface area contributed by atoms with Gasteiger partial charge < -0.3 is 5.73 Å². The zero-order chi connectivity index (χ0) is 14.2. The van der Waals surface area contributed by atoms with E-state index in [9.17, 15) is 0 Å². The summed E-state index contributed by atoms with van der Waals surface area (Å²) in [5.41, 5.74) is 8.14. The second-order valence-electron chi connectivity index (χ2n) is 4.77. The Kier molecular flexibility index (Phi) is 8.54. The lowest BCUT2D eigenvalue weighted by Crippen LogP contribution is -2.31. The Morgan fingerprint density at radius 3 is 2.43 bits per heavy atom. The zero-order valence-electron chi connectivity index (χ0n) is 11.9. The van der Waals surface area contributed by atoms with Gasteiger partial charge in [-0.15, -0.1) is 12.4 Å². The van der Waals surface area contributed by atoms with Crippen molar-refractivity contribution in [2.24, 2.45) is 5.73 Å². The summed E-state index contributed by atoms with van der Waals surface area (Å²) in [5.74, 6) is 0. The van der Waals surface area contributed by atoms with Crippen LogP contribution in [0.3, 0.4) is 0 Å². The molecule has 2 N–H and O–H groups in total. The maximum atomic E-state index is 5.71. The molecule has 0 saturated heterocycles. The number of hydrogen-bond acceptors (Lipinski definition) is 3. The molecule has 2 aromatic rings. The number of benzene rings is 1. The topological polar surface area (TPSA) is 42.1 Å². The Morgan fingerprint density at radius 2 is 1.81 bits per heavy atom. The van der Waals surface area contributed by atoms with Crippen LogP contribution in [0.2, 0.25) is 0 Å². The lowest BCUT2D eigenvalue weighted by molar-refractivity contribution is 0.273. The number of nitrogens with two attached hydrogens (primary N) is 1. The molecular weight excluding hydrogens is 350 g/mol. The molecule has 21 heavy (non-hydrogen) atoms. The average Bonchev–Trinajstić information content (AvgIpc) is 2.48. The molecule has 0 aliphatic carbocycles. The minimum atomic E-state index is 0. The molecule has 0 amide bonds. The Morgan fingerprint density at radius 1 is 1.05 bits per heavy atom. The second-order valence-corrected chi connectivity index (χ2v) is 5.68. The van der Waals surface area contributed by atoms with Crippen molar-refractivity contribution in [2.75, 3.05) is 19.6 Å². The van der Waals surface area contributed by atoms with Gasteiger partial charge >= 0.3 is 0 Å². The summed E-state index contributed by atoms with van der Waals surface area (Å²) < 4.78 is 1.01. The van der Waals surface area contributed by atoms with Gasteiger partial charge in [0.1, 0.15) is 0 Å². The van der Waals surface area contributed by atoms with Gasteiger partial charge in [0.2, 0.25) is 0 Å². The van der Waals surface area contributed by atoms with Crippen LogP contribution >= 0.6 is 28.3 Å². The fraction of sp³-hybridized carbons (Fsp3) is 0.312. The normalized spacial score (nSPS) is 10.4. The van der Waals surface area contributed by atoms with E-state index < -0.39 is 0 Å². The molecule has 0 spiro atoms. The van der Waals surface area contributed by atoms with Crippen LogP contribution in [-0.4, -0.2) is 29.5 Å². The zero-order valence-corrected chi connectivity index (χ0v) is 14.3. The van der Waals surface area contributed by atoms with Gasteiger partial charge in [0.25, 0.3) is 0 Å². The average molecular weight is 371 g/mol. The molecule has 0 bridgehead atoms. The summed E-state index contributed by atoms with van der Waals surface area (Å²) >= 11 is 3.41. The molecule has 0 fully saturated rings.